The molecule has 1 aromatic carbocycles. The summed E-state index contributed by atoms with van der Waals surface area (Å²) < 4.78 is 0. The quantitative estimate of drug-likeness (QED) is 0.483. The number of halogens is 2. The van der Waals surface area contributed by atoms with Crippen molar-refractivity contribution in [3.8, 4) is 0 Å². The maximum absolute atomic E-state index is 11.8. The molecule has 1 aromatic rings. The van der Waals surface area contributed by atoms with E-state index < -0.39 is 0 Å². The molecule has 0 radical (unpaired) electrons. The summed E-state index contributed by atoms with van der Waals surface area (Å²) >= 11 is 7.55. The van der Waals surface area contributed by atoms with Crippen LogP contribution in [0.4, 0.5) is 0 Å². The predicted molar refractivity (Wildman–Crippen MR) is 84.5 cm³/mol. The molecule has 118 valence electrons. The summed E-state index contributed by atoms with van der Waals surface area (Å²) in [5.41, 5.74) is 0. The molecule has 0 aromatic heterocycles. The van der Waals surface area contributed by atoms with E-state index in [4.69, 9.17) is 11.6 Å². The number of thioether (sulfide) groups is 1. The highest BCUT2D eigenvalue weighted by atomic mass is 35.5. The fourth-order valence-electron chi connectivity index (χ4n) is 2.02. The standard InChI is InChI=1S/C14H20ClN3OS.ClH/c15-12-1-3-13(4-2-12)20-10-7-17-14(19)11-18-8-5-16-6-9-18;/h1-4,16H,5-11H2,(H,17,19);1H/p-1. The van der Waals surface area contributed by atoms with E-state index in [9.17, 15) is 4.79 Å². The third-order valence-corrected chi connectivity index (χ3v) is 4.35. The van der Waals surface area contributed by atoms with Gasteiger partial charge in [0.1, 0.15) is 0 Å². The molecule has 0 aliphatic carbocycles. The van der Waals surface area contributed by atoms with Gasteiger partial charge in [-0.2, -0.15) is 0 Å². The van der Waals surface area contributed by atoms with Crippen LogP contribution >= 0.6 is 23.4 Å². The molecular weight excluding hydrogens is 329 g/mol. The van der Waals surface area contributed by atoms with Gasteiger partial charge >= 0.3 is 0 Å². The first-order valence-electron chi connectivity index (χ1n) is 6.82. The molecule has 2 N–H and O–H groups in total. The topological polar surface area (TPSA) is 44.4 Å². The fourth-order valence-corrected chi connectivity index (χ4v) is 2.91. The zero-order valence-corrected chi connectivity index (χ0v) is 14.1. The van der Waals surface area contributed by atoms with E-state index in [1.165, 1.54) is 4.90 Å². The zero-order chi connectivity index (χ0) is 14.2. The van der Waals surface area contributed by atoms with Crippen molar-refractivity contribution in [2.24, 2.45) is 0 Å². The average Bonchev–Trinajstić information content (AvgIpc) is 2.46. The number of hydrogen-bond donors (Lipinski definition) is 2. The van der Waals surface area contributed by atoms with Crippen LogP contribution in [0.15, 0.2) is 29.2 Å². The van der Waals surface area contributed by atoms with E-state index in [0.717, 1.165) is 37.0 Å². The molecule has 1 aliphatic rings. The van der Waals surface area contributed by atoms with Gasteiger partial charge in [0.25, 0.3) is 0 Å². The number of carbonyl (C=O) groups excluding carboxylic acids is 1. The number of carbonyl (C=O) groups is 1. The molecule has 4 nitrogen and oxygen atoms in total. The SMILES string of the molecule is O=C(CN1CCNCC1)NCCSc1ccc(Cl)cc1.[Cl-]. The van der Waals surface area contributed by atoms with Crippen LogP contribution in [0.3, 0.4) is 0 Å². The Morgan fingerprint density at radius 2 is 1.95 bits per heavy atom. The molecule has 1 heterocycles. The smallest absolute Gasteiger partial charge is 0.234 e. The lowest BCUT2D eigenvalue weighted by Crippen LogP contribution is -3.00. The second kappa shape index (κ2) is 10.3. The van der Waals surface area contributed by atoms with E-state index in [1.807, 2.05) is 24.3 Å². The number of piperazine rings is 1. The monoisotopic (exact) mass is 348 g/mol. The van der Waals surface area contributed by atoms with Crippen LogP contribution in [0.1, 0.15) is 0 Å². The Labute approximate surface area is 141 Å². The molecule has 0 atom stereocenters. The first-order chi connectivity index (χ1) is 9.74. The summed E-state index contributed by atoms with van der Waals surface area (Å²) in [6.45, 7) is 5.05. The summed E-state index contributed by atoms with van der Waals surface area (Å²) in [7, 11) is 0. The van der Waals surface area contributed by atoms with Crippen LogP contribution in [0.25, 0.3) is 0 Å². The molecule has 2 rings (SSSR count). The number of rotatable bonds is 6. The third-order valence-electron chi connectivity index (χ3n) is 3.08. The maximum atomic E-state index is 11.8. The molecule has 1 aliphatic heterocycles. The van der Waals surface area contributed by atoms with E-state index in [0.29, 0.717) is 13.1 Å². The van der Waals surface area contributed by atoms with Crippen molar-refractivity contribution in [3.63, 3.8) is 0 Å². The van der Waals surface area contributed by atoms with Gasteiger partial charge in [-0.25, -0.2) is 0 Å². The number of hydrogen-bond acceptors (Lipinski definition) is 4. The Kier molecular flexibility index (Phi) is 9.11. The minimum Gasteiger partial charge on any atom is -1.00 e. The van der Waals surface area contributed by atoms with Crippen molar-refractivity contribution in [2.45, 2.75) is 4.90 Å². The van der Waals surface area contributed by atoms with Crippen molar-refractivity contribution in [2.75, 3.05) is 45.0 Å². The molecule has 0 spiro atoms. The second-order valence-electron chi connectivity index (χ2n) is 4.68. The van der Waals surface area contributed by atoms with Gasteiger partial charge in [-0.05, 0) is 24.3 Å². The summed E-state index contributed by atoms with van der Waals surface area (Å²) in [5.74, 6) is 0.984. The van der Waals surface area contributed by atoms with E-state index in [2.05, 4.69) is 15.5 Å². The molecular formula is C14H20Cl2N3OS-. The van der Waals surface area contributed by atoms with Gasteiger partial charge in [-0.3, -0.25) is 9.69 Å². The lowest BCUT2D eigenvalue weighted by atomic mass is 10.3. The van der Waals surface area contributed by atoms with E-state index in [1.54, 1.807) is 11.8 Å². The Balaban J connectivity index is 0.00000220. The molecule has 0 unspecified atom stereocenters. The molecule has 21 heavy (non-hydrogen) atoms. The maximum Gasteiger partial charge on any atom is 0.234 e. The first-order valence-corrected chi connectivity index (χ1v) is 8.18. The Hall–Kier alpha value is -0.460. The normalized spacial score (nSPS) is 15.3. The van der Waals surface area contributed by atoms with Gasteiger partial charge in [-0.15, -0.1) is 11.8 Å². The summed E-state index contributed by atoms with van der Waals surface area (Å²) in [6.07, 6.45) is 0. The lowest BCUT2D eigenvalue weighted by molar-refractivity contribution is -0.122. The highest BCUT2D eigenvalue weighted by Gasteiger charge is 2.12. The van der Waals surface area contributed by atoms with Crippen LogP contribution in [0.5, 0.6) is 0 Å². The third kappa shape index (κ3) is 7.38. The number of nitrogens with zero attached hydrogens (tertiary/aromatic N) is 1. The minimum atomic E-state index is 0. The van der Waals surface area contributed by atoms with E-state index in [-0.39, 0.29) is 18.3 Å². The molecule has 0 bridgehead atoms. The van der Waals surface area contributed by atoms with Gasteiger partial charge in [0, 0.05) is 48.4 Å². The summed E-state index contributed by atoms with van der Waals surface area (Å²) in [6, 6.07) is 7.75. The average molecular weight is 349 g/mol. The van der Waals surface area contributed by atoms with Crippen molar-refractivity contribution < 1.29 is 17.2 Å². The van der Waals surface area contributed by atoms with Crippen molar-refractivity contribution in [1.82, 2.24) is 15.5 Å². The number of nitrogens with one attached hydrogen (secondary N) is 2. The zero-order valence-electron chi connectivity index (χ0n) is 11.8. The van der Waals surface area contributed by atoms with Crippen molar-refractivity contribution >= 4 is 29.3 Å². The van der Waals surface area contributed by atoms with Gasteiger partial charge in [0.2, 0.25) is 5.91 Å². The molecule has 0 saturated carbocycles. The molecule has 1 fully saturated rings. The fraction of sp³-hybridized carbons (Fsp3) is 0.500. The molecule has 7 heteroatoms. The van der Waals surface area contributed by atoms with Crippen LogP contribution in [-0.4, -0.2) is 55.8 Å². The van der Waals surface area contributed by atoms with Crippen molar-refractivity contribution in [3.05, 3.63) is 29.3 Å². The van der Waals surface area contributed by atoms with Crippen LogP contribution in [-0.2, 0) is 4.79 Å². The minimum absolute atomic E-state index is 0. The first kappa shape index (κ1) is 18.6. The van der Waals surface area contributed by atoms with Gasteiger partial charge in [0.15, 0.2) is 0 Å². The van der Waals surface area contributed by atoms with Crippen molar-refractivity contribution in [1.29, 1.82) is 0 Å². The van der Waals surface area contributed by atoms with Crippen LogP contribution in [0, 0.1) is 0 Å². The van der Waals surface area contributed by atoms with Gasteiger partial charge in [-0.1, -0.05) is 11.6 Å². The van der Waals surface area contributed by atoms with Crippen LogP contribution < -0.4 is 23.0 Å². The Morgan fingerprint density at radius 1 is 1.29 bits per heavy atom. The van der Waals surface area contributed by atoms with Gasteiger partial charge in [0.05, 0.1) is 6.54 Å². The number of amides is 1. The highest BCUT2D eigenvalue weighted by molar-refractivity contribution is 7.99. The van der Waals surface area contributed by atoms with Gasteiger partial charge < -0.3 is 23.0 Å². The molecule has 1 saturated heterocycles. The Morgan fingerprint density at radius 3 is 2.62 bits per heavy atom. The van der Waals surface area contributed by atoms with E-state index >= 15 is 0 Å². The Bertz CT molecular complexity index is 425. The van der Waals surface area contributed by atoms with Crippen LogP contribution in [0.2, 0.25) is 5.02 Å². The number of benzene rings is 1. The largest absolute Gasteiger partial charge is 1.00 e. The molecule has 1 amide bonds. The summed E-state index contributed by atoms with van der Waals surface area (Å²) in [5, 5.41) is 6.99. The predicted octanol–water partition coefficient (Wildman–Crippen LogP) is -1.54. The second-order valence-corrected chi connectivity index (χ2v) is 6.28. The lowest BCUT2D eigenvalue weighted by Gasteiger charge is -2.26. The summed E-state index contributed by atoms with van der Waals surface area (Å²) in [4.78, 5) is 15.1. The highest BCUT2D eigenvalue weighted by Crippen LogP contribution is 2.19.